The van der Waals surface area contributed by atoms with Gasteiger partial charge in [-0.2, -0.15) is 10.2 Å². The Morgan fingerprint density at radius 3 is 2.61 bits per heavy atom. The summed E-state index contributed by atoms with van der Waals surface area (Å²) in [6.45, 7) is 7.36. The van der Waals surface area contributed by atoms with Crippen molar-refractivity contribution in [3.05, 3.63) is 71.8 Å². The molecule has 7 nitrogen and oxygen atoms in total. The number of H-pyrrole nitrogens is 1. The van der Waals surface area contributed by atoms with Gasteiger partial charge in [0.15, 0.2) is 0 Å². The highest BCUT2D eigenvalue weighted by Gasteiger charge is 2.21. The molecule has 2 heterocycles. The molecule has 1 atom stereocenters. The van der Waals surface area contributed by atoms with Gasteiger partial charge in [0.25, 0.3) is 0 Å². The van der Waals surface area contributed by atoms with Gasteiger partial charge in [0, 0.05) is 24.9 Å². The zero-order valence-electron chi connectivity index (χ0n) is 16.9. The molecule has 2 amide bonds. The summed E-state index contributed by atoms with van der Waals surface area (Å²) >= 11 is 0. The molecule has 0 bridgehead atoms. The van der Waals surface area contributed by atoms with E-state index in [1.807, 2.05) is 53.3 Å². The largest absolute Gasteiger partial charge is 0.329 e. The van der Waals surface area contributed by atoms with E-state index in [9.17, 15) is 4.79 Å². The van der Waals surface area contributed by atoms with Gasteiger partial charge in [-0.15, -0.1) is 0 Å². The number of hydrogen-bond donors (Lipinski definition) is 2. The highest BCUT2D eigenvalue weighted by atomic mass is 16.2. The first-order valence-corrected chi connectivity index (χ1v) is 9.41. The minimum Gasteiger partial charge on any atom is -0.329 e. The molecule has 3 rings (SSSR count). The SMILES string of the molecule is CN(Cc1cc(C(C)(C)C)n[nH]1)C(=O)N[C@@H](Cn1cccn1)c1ccccc1. The molecule has 28 heavy (non-hydrogen) atoms. The van der Waals surface area contributed by atoms with Crippen LogP contribution in [-0.2, 0) is 18.5 Å². The highest BCUT2D eigenvalue weighted by molar-refractivity contribution is 5.74. The molecular weight excluding hydrogens is 352 g/mol. The molecule has 0 radical (unpaired) electrons. The fraction of sp³-hybridized carbons (Fsp3) is 0.381. The van der Waals surface area contributed by atoms with Crippen molar-refractivity contribution >= 4 is 6.03 Å². The fourth-order valence-corrected chi connectivity index (χ4v) is 2.93. The number of benzene rings is 1. The highest BCUT2D eigenvalue weighted by Crippen LogP contribution is 2.21. The third kappa shape index (κ3) is 5.00. The van der Waals surface area contributed by atoms with Gasteiger partial charge in [-0.05, 0) is 17.7 Å². The van der Waals surface area contributed by atoms with Gasteiger partial charge in [-0.1, -0.05) is 51.1 Å². The molecule has 0 saturated heterocycles. The molecule has 0 saturated carbocycles. The predicted octanol–water partition coefficient (Wildman–Crippen LogP) is 3.49. The van der Waals surface area contributed by atoms with Crippen molar-refractivity contribution in [3.8, 4) is 0 Å². The smallest absolute Gasteiger partial charge is 0.318 e. The van der Waals surface area contributed by atoms with Gasteiger partial charge in [0.1, 0.15) is 0 Å². The number of nitrogens with one attached hydrogen (secondary N) is 2. The summed E-state index contributed by atoms with van der Waals surface area (Å²) in [5, 5.41) is 14.8. The maximum absolute atomic E-state index is 12.8. The summed E-state index contributed by atoms with van der Waals surface area (Å²) in [6.07, 6.45) is 3.63. The molecular formula is C21H28N6O. The zero-order valence-corrected chi connectivity index (χ0v) is 16.9. The van der Waals surface area contributed by atoms with Crippen LogP contribution >= 0.6 is 0 Å². The number of aromatic amines is 1. The van der Waals surface area contributed by atoms with Crippen LogP contribution in [0.4, 0.5) is 4.79 Å². The number of amides is 2. The minimum atomic E-state index is -0.178. The average molecular weight is 380 g/mol. The number of rotatable bonds is 6. The van der Waals surface area contributed by atoms with Gasteiger partial charge in [-0.25, -0.2) is 4.79 Å². The van der Waals surface area contributed by atoms with E-state index in [0.29, 0.717) is 13.1 Å². The van der Waals surface area contributed by atoms with Crippen molar-refractivity contribution < 1.29 is 4.79 Å². The second kappa shape index (κ2) is 8.29. The number of carbonyl (C=O) groups is 1. The molecule has 0 aliphatic rings. The first kappa shape index (κ1) is 19.7. The minimum absolute atomic E-state index is 0.0300. The van der Waals surface area contributed by atoms with E-state index in [-0.39, 0.29) is 17.5 Å². The van der Waals surface area contributed by atoms with Gasteiger partial charge < -0.3 is 10.2 Å². The van der Waals surface area contributed by atoms with E-state index in [4.69, 9.17) is 0 Å². The topological polar surface area (TPSA) is 78.8 Å². The molecule has 148 valence electrons. The van der Waals surface area contributed by atoms with E-state index in [1.165, 1.54) is 0 Å². The quantitative estimate of drug-likeness (QED) is 0.687. The lowest BCUT2D eigenvalue weighted by Gasteiger charge is -2.24. The Kier molecular flexibility index (Phi) is 5.82. The Labute approximate surface area is 165 Å². The van der Waals surface area contributed by atoms with Crippen molar-refractivity contribution in [2.75, 3.05) is 7.05 Å². The lowest BCUT2D eigenvalue weighted by Crippen LogP contribution is -2.40. The Bertz CT molecular complexity index is 879. The molecule has 1 aromatic carbocycles. The lowest BCUT2D eigenvalue weighted by atomic mass is 9.92. The summed E-state index contributed by atoms with van der Waals surface area (Å²) in [6, 6.07) is 13.5. The lowest BCUT2D eigenvalue weighted by molar-refractivity contribution is 0.200. The van der Waals surface area contributed by atoms with Crippen LogP contribution in [0.5, 0.6) is 0 Å². The second-order valence-electron chi connectivity index (χ2n) is 8.03. The van der Waals surface area contributed by atoms with Crippen molar-refractivity contribution in [1.29, 1.82) is 0 Å². The Balaban J connectivity index is 1.68. The zero-order chi connectivity index (χ0) is 20.1. The average Bonchev–Trinajstić information content (AvgIpc) is 3.33. The maximum Gasteiger partial charge on any atom is 0.318 e. The monoisotopic (exact) mass is 380 g/mol. The molecule has 0 spiro atoms. The second-order valence-corrected chi connectivity index (χ2v) is 8.03. The van der Waals surface area contributed by atoms with Crippen LogP contribution in [-0.4, -0.2) is 38.0 Å². The Morgan fingerprint density at radius 1 is 1.25 bits per heavy atom. The van der Waals surface area contributed by atoms with Gasteiger partial charge >= 0.3 is 6.03 Å². The molecule has 3 aromatic rings. The van der Waals surface area contributed by atoms with Crippen molar-refractivity contribution in [3.63, 3.8) is 0 Å². The van der Waals surface area contributed by atoms with E-state index in [1.54, 1.807) is 18.1 Å². The molecule has 2 aromatic heterocycles. The first-order chi connectivity index (χ1) is 13.3. The van der Waals surface area contributed by atoms with Crippen LogP contribution in [0.15, 0.2) is 54.9 Å². The van der Waals surface area contributed by atoms with Crippen LogP contribution in [0.1, 0.15) is 43.8 Å². The third-order valence-electron chi connectivity index (χ3n) is 4.58. The number of aromatic nitrogens is 4. The normalized spacial score (nSPS) is 12.6. The van der Waals surface area contributed by atoms with E-state index in [0.717, 1.165) is 17.0 Å². The standard InChI is InChI=1S/C21H28N6O/c1-21(2,3)19-13-17(24-25-19)14-26(4)20(28)23-18(15-27-12-8-11-22-27)16-9-6-5-7-10-16/h5-13,18H,14-15H2,1-4H3,(H,23,28)(H,24,25)/t18-/m0/s1. The van der Waals surface area contributed by atoms with Crippen LogP contribution in [0.2, 0.25) is 0 Å². The Morgan fingerprint density at radius 2 is 2.00 bits per heavy atom. The molecule has 0 unspecified atom stereocenters. The van der Waals surface area contributed by atoms with E-state index < -0.39 is 0 Å². The fourth-order valence-electron chi connectivity index (χ4n) is 2.93. The molecule has 0 aliphatic heterocycles. The van der Waals surface area contributed by atoms with Crippen molar-refractivity contribution in [2.45, 2.75) is 45.3 Å². The van der Waals surface area contributed by atoms with Gasteiger partial charge in [0.2, 0.25) is 0 Å². The van der Waals surface area contributed by atoms with E-state index >= 15 is 0 Å². The number of carbonyl (C=O) groups excluding carboxylic acids is 1. The third-order valence-corrected chi connectivity index (χ3v) is 4.58. The molecule has 0 aliphatic carbocycles. The number of nitrogens with zero attached hydrogens (tertiary/aromatic N) is 4. The first-order valence-electron chi connectivity index (χ1n) is 9.41. The van der Waals surface area contributed by atoms with E-state index in [2.05, 4.69) is 41.4 Å². The van der Waals surface area contributed by atoms with Gasteiger partial charge in [0.05, 0.1) is 30.5 Å². The molecule has 7 heteroatoms. The van der Waals surface area contributed by atoms with Crippen molar-refractivity contribution in [1.82, 2.24) is 30.2 Å². The number of hydrogen-bond acceptors (Lipinski definition) is 3. The summed E-state index contributed by atoms with van der Waals surface area (Å²) in [7, 11) is 1.78. The summed E-state index contributed by atoms with van der Waals surface area (Å²) in [5.41, 5.74) is 2.90. The predicted molar refractivity (Wildman–Crippen MR) is 109 cm³/mol. The van der Waals surface area contributed by atoms with Gasteiger partial charge in [-0.3, -0.25) is 9.78 Å². The van der Waals surface area contributed by atoms with Crippen LogP contribution < -0.4 is 5.32 Å². The number of urea groups is 1. The van der Waals surface area contributed by atoms with Crippen LogP contribution in [0.3, 0.4) is 0 Å². The molecule has 0 fully saturated rings. The Hall–Kier alpha value is -3.09. The summed E-state index contributed by atoms with van der Waals surface area (Å²) < 4.78 is 1.82. The van der Waals surface area contributed by atoms with Crippen molar-refractivity contribution in [2.24, 2.45) is 0 Å². The maximum atomic E-state index is 12.8. The summed E-state index contributed by atoms with van der Waals surface area (Å²) in [4.78, 5) is 14.5. The molecule has 2 N–H and O–H groups in total. The van der Waals surface area contributed by atoms with Crippen LogP contribution in [0.25, 0.3) is 0 Å². The summed E-state index contributed by atoms with van der Waals surface area (Å²) in [5.74, 6) is 0. The van der Waals surface area contributed by atoms with Crippen LogP contribution in [0, 0.1) is 0 Å².